The number of hydrogen-bond donors (Lipinski definition) is 0. The van der Waals surface area contributed by atoms with Crippen molar-refractivity contribution in [3.8, 4) is 22.3 Å². The molecule has 6 heteroatoms. The fourth-order valence-corrected chi connectivity index (χ4v) is 8.35. The number of rotatable bonds is 4. The molecule has 0 bridgehead atoms. The lowest BCUT2D eigenvalue weighted by Gasteiger charge is -2.43. The molecule has 2 aliphatic rings. The van der Waals surface area contributed by atoms with Crippen molar-refractivity contribution in [2.75, 3.05) is 26.4 Å². The Kier molecular flexibility index (Phi) is 7.51. The van der Waals surface area contributed by atoms with Crippen LogP contribution in [-0.2, 0) is 18.6 Å². The maximum absolute atomic E-state index is 6.68. The van der Waals surface area contributed by atoms with Crippen molar-refractivity contribution in [3.63, 3.8) is 0 Å². The Morgan fingerprint density at radius 1 is 0.314 bits per heavy atom. The second-order valence-electron chi connectivity index (χ2n) is 13.9. The van der Waals surface area contributed by atoms with Crippen molar-refractivity contribution in [1.82, 2.24) is 0 Å². The van der Waals surface area contributed by atoms with E-state index in [2.05, 4.69) is 158 Å². The van der Waals surface area contributed by atoms with Gasteiger partial charge in [0.25, 0.3) is 0 Å². The van der Waals surface area contributed by atoms with Crippen LogP contribution < -0.4 is 10.9 Å². The van der Waals surface area contributed by atoms with Crippen LogP contribution in [0.15, 0.2) is 158 Å². The predicted molar refractivity (Wildman–Crippen MR) is 211 cm³/mol. The summed E-state index contributed by atoms with van der Waals surface area (Å²) in [6, 6.07) is 55.7. The first kappa shape index (κ1) is 30.6. The quantitative estimate of drug-likeness (QED) is 0.140. The van der Waals surface area contributed by atoms with Gasteiger partial charge in [0.2, 0.25) is 0 Å². The van der Waals surface area contributed by atoms with Gasteiger partial charge in [0.15, 0.2) is 0 Å². The molecule has 8 aromatic carbocycles. The Morgan fingerprint density at radius 2 is 0.569 bits per heavy atom. The summed E-state index contributed by atoms with van der Waals surface area (Å²) in [7, 11) is -1.02. The summed E-state index contributed by atoms with van der Waals surface area (Å²) in [5.41, 5.74) is 6.59. The largest absolute Gasteiger partial charge is 0.495 e. The fourth-order valence-electron chi connectivity index (χ4n) is 8.35. The van der Waals surface area contributed by atoms with Crippen LogP contribution in [0, 0.1) is 5.41 Å². The third-order valence-electron chi connectivity index (χ3n) is 10.7. The van der Waals surface area contributed by atoms with Crippen LogP contribution in [-0.4, -0.2) is 40.7 Å². The van der Waals surface area contributed by atoms with Crippen molar-refractivity contribution in [2.45, 2.75) is 0 Å². The standard InChI is InChI=1S/C45H34B2O4/c1-3-15-31(16-4-1)41-33-19-7-11-23-37(33)43(38-24-12-8-20-34(38)41)46-48-27-45(28-49-46)29-50-47(51-30-45)44-39-25-13-9-21-35(39)42(32-17-5-2-6-18-32)36-22-10-14-26-40(36)44/h1-26H,27-30H2. The van der Waals surface area contributed by atoms with Gasteiger partial charge in [-0.05, 0) is 76.3 Å². The van der Waals surface area contributed by atoms with Gasteiger partial charge in [-0.2, -0.15) is 0 Å². The van der Waals surface area contributed by atoms with Crippen LogP contribution in [0.3, 0.4) is 0 Å². The molecule has 0 unspecified atom stereocenters. The van der Waals surface area contributed by atoms with Gasteiger partial charge in [-0.15, -0.1) is 0 Å². The first-order valence-electron chi connectivity index (χ1n) is 17.7. The Balaban J connectivity index is 0.967. The molecule has 2 fully saturated rings. The lowest BCUT2D eigenvalue weighted by atomic mass is 9.68. The van der Waals surface area contributed by atoms with E-state index in [-0.39, 0.29) is 0 Å². The smallest absolute Gasteiger partial charge is 0.406 e. The Bertz CT molecular complexity index is 2260. The molecule has 1 spiro atoms. The molecule has 2 heterocycles. The molecule has 0 amide bonds. The highest BCUT2D eigenvalue weighted by molar-refractivity contribution is 6.69. The Labute approximate surface area is 297 Å². The minimum atomic E-state index is -0.508. The van der Waals surface area contributed by atoms with Crippen molar-refractivity contribution >= 4 is 68.3 Å². The highest BCUT2D eigenvalue weighted by atomic mass is 16.6. The fraction of sp³-hybridized carbons (Fsp3) is 0.111. The molecule has 244 valence electrons. The zero-order valence-corrected chi connectivity index (χ0v) is 28.1. The molecule has 4 nitrogen and oxygen atoms in total. The average Bonchev–Trinajstić information content (AvgIpc) is 3.20. The average molecular weight is 660 g/mol. The molecular formula is C45H34B2O4. The summed E-state index contributed by atoms with van der Waals surface area (Å²) in [5.74, 6) is 0. The zero-order chi connectivity index (χ0) is 33.8. The summed E-state index contributed by atoms with van der Waals surface area (Å²) in [4.78, 5) is 0. The molecule has 8 aromatic rings. The van der Waals surface area contributed by atoms with Crippen LogP contribution in [0.5, 0.6) is 0 Å². The van der Waals surface area contributed by atoms with Crippen molar-refractivity contribution < 1.29 is 18.6 Å². The monoisotopic (exact) mass is 660 g/mol. The maximum atomic E-state index is 6.68. The van der Waals surface area contributed by atoms with E-state index in [4.69, 9.17) is 18.6 Å². The number of benzene rings is 8. The zero-order valence-electron chi connectivity index (χ0n) is 28.1. The number of fused-ring (bicyclic) bond motifs is 4. The summed E-state index contributed by atoms with van der Waals surface area (Å²) >= 11 is 0. The van der Waals surface area contributed by atoms with E-state index in [0.717, 1.165) is 32.5 Å². The molecule has 0 aromatic heterocycles. The minimum Gasteiger partial charge on any atom is -0.406 e. The van der Waals surface area contributed by atoms with E-state index in [9.17, 15) is 0 Å². The third-order valence-corrected chi connectivity index (χ3v) is 10.7. The highest BCUT2D eigenvalue weighted by Gasteiger charge is 2.46. The molecule has 0 aliphatic carbocycles. The number of hydrogen-bond acceptors (Lipinski definition) is 4. The van der Waals surface area contributed by atoms with Crippen LogP contribution in [0.2, 0.25) is 0 Å². The summed E-state index contributed by atoms with van der Waals surface area (Å²) < 4.78 is 26.7. The van der Waals surface area contributed by atoms with E-state index < -0.39 is 19.7 Å². The van der Waals surface area contributed by atoms with E-state index in [0.29, 0.717) is 26.4 Å². The second kappa shape index (κ2) is 12.5. The second-order valence-corrected chi connectivity index (χ2v) is 13.9. The van der Waals surface area contributed by atoms with Gasteiger partial charge in [-0.1, -0.05) is 158 Å². The molecule has 0 saturated carbocycles. The lowest BCUT2D eigenvalue weighted by molar-refractivity contribution is -0.0785. The summed E-state index contributed by atoms with van der Waals surface area (Å²) in [5, 5.41) is 9.33. The predicted octanol–water partition coefficient (Wildman–Crippen LogP) is 8.80. The Morgan fingerprint density at radius 3 is 0.863 bits per heavy atom. The lowest BCUT2D eigenvalue weighted by Crippen LogP contribution is -2.58. The van der Waals surface area contributed by atoms with Crippen molar-refractivity contribution in [1.29, 1.82) is 0 Å². The maximum Gasteiger partial charge on any atom is 0.495 e. The van der Waals surface area contributed by atoms with Gasteiger partial charge >= 0.3 is 14.2 Å². The van der Waals surface area contributed by atoms with Gasteiger partial charge < -0.3 is 18.6 Å². The first-order chi connectivity index (χ1) is 25.3. The van der Waals surface area contributed by atoms with Gasteiger partial charge in [0, 0.05) is 26.4 Å². The van der Waals surface area contributed by atoms with Crippen molar-refractivity contribution in [3.05, 3.63) is 158 Å². The third kappa shape index (κ3) is 5.10. The van der Waals surface area contributed by atoms with Crippen LogP contribution in [0.1, 0.15) is 0 Å². The van der Waals surface area contributed by atoms with Crippen LogP contribution >= 0.6 is 0 Å². The van der Waals surface area contributed by atoms with E-state index in [1.807, 2.05) is 0 Å². The summed E-state index contributed by atoms with van der Waals surface area (Å²) in [6.07, 6.45) is 0. The molecule has 0 N–H and O–H groups in total. The first-order valence-corrected chi connectivity index (χ1v) is 17.7. The molecule has 2 aliphatic heterocycles. The van der Waals surface area contributed by atoms with Gasteiger partial charge in [-0.3, -0.25) is 0 Å². The van der Waals surface area contributed by atoms with Gasteiger partial charge in [0.05, 0.1) is 5.41 Å². The van der Waals surface area contributed by atoms with Crippen LogP contribution in [0.4, 0.5) is 0 Å². The Hall–Kier alpha value is -5.23. The van der Waals surface area contributed by atoms with Gasteiger partial charge in [-0.25, -0.2) is 0 Å². The minimum absolute atomic E-state index is 0.405. The van der Waals surface area contributed by atoms with E-state index >= 15 is 0 Å². The van der Waals surface area contributed by atoms with E-state index in [1.54, 1.807) is 0 Å². The van der Waals surface area contributed by atoms with E-state index in [1.165, 1.54) is 43.8 Å². The normalized spacial score (nSPS) is 16.1. The van der Waals surface area contributed by atoms with Crippen LogP contribution in [0.25, 0.3) is 65.3 Å². The topological polar surface area (TPSA) is 36.9 Å². The van der Waals surface area contributed by atoms with Crippen molar-refractivity contribution in [2.24, 2.45) is 5.41 Å². The molecular weight excluding hydrogens is 626 g/mol. The highest BCUT2D eigenvalue weighted by Crippen LogP contribution is 2.39. The molecule has 0 radical (unpaired) electrons. The van der Waals surface area contributed by atoms with Gasteiger partial charge in [0.1, 0.15) is 0 Å². The molecule has 2 saturated heterocycles. The summed E-state index contributed by atoms with van der Waals surface area (Å²) in [6.45, 7) is 1.90. The molecule has 51 heavy (non-hydrogen) atoms. The molecule has 10 rings (SSSR count). The molecule has 0 atom stereocenters. The SMILES string of the molecule is c1ccc(-c2c3ccccc3c(B3OCC4(CO3)COB(c3c5ccccc5c(-c5ccccc5)c5ccccc35)OC4)c3ccccc23)cc1.